The fraction of sp³-hybridized carbons (Fsp3) is 0.667. The van der Waals surface area contributed by atoms with E-state index in [4.69, 9.17) is 5.26 Å². The van der Waals surface area contributed by atoms with Gasteiger partial charge in [0.15, 0.2) is 6.54 Å². The Morgan fingerprint density at radius 3 is 2.75 bits per heavy atom. The third kappa shape index (κ3) is 1.70. The lowest BCUT2D eigenvalue weighted by Crippen LogP contribution is -2.32. The molecule has 0 aromatic heterocycles. The molecule has 0 aliphatic carbocycles. The molecule has 0 aromatic rings. The van der Waals surface area contributed by atoms with Crippen LogP contribution in [0.2, 0.25) is 0 Å². The Bertz CT molecular complexity index is 275. The van der Waals surface area contributed by atoms with E-state index in [1.807, 2.05) is 13.1 Å². The molecule has 64 valence electrons. The van der Waals surface area contributed by atoms with E-state index in [-0.39, 0.29) is 11.3 Å². The third-order valence-corrected chi connectivity index (χ3v) is 2.34. The van der Waals surface area contributed by atoms with E-state index >= 15 is 0 Å². The summed E-state index contributed by atoms with van der Waals surface area (Å²) in [6.45, 7) is 4.16. The molecule has 3 nitrogen and oxygen atoms in total. The molecule has 3 heteroatoms. The van der Waals surface area contributed by atoms with Crippen molar-refractivity contribution in [3.63, 3.8) is 0 Å². The molecular weight excluding hydrogens is 152 g/mol. The van der Waals surface area contributed by atoms with Gasteiger partial charge >= 0.3 is 5.91 Å². The molecule has 0 fully saturated rings. The zero-order chi connectivity index (χ0) is 9.19. The summed E-state index contributed by atoms with van der Waals surface area (Å²) in [7, 11) is 0. The van der Waals surface area contributed by atoms with Crippen LogP contribution in [-0.4, -0.2) is 23.2 Å². The van der Waals surface area contributed by atoms with Crippen molar-refractivity contribution in [3.8, 4) is 6.07 Å². The number of carbonyl (C=O) groups is 1. The van der Waals surface area contributed by atoms with Crippen LogP contribution in [-0.2, 0) is 4.79 Å². The summed E-state index contributed by atoms with van der Waals surface area (Å²) in [5.41, 5.74) is -0.258. The van der Waals surface area contributed by atoms with Crippen molar-refractivity contribution in [1.82, 2.24) is 0 Å². The molecule has 0 aromatic carbocycles. The van der Waals surface area contributed by atoms with Gasteiger partial charge in [-0.3, -0.25) is 0 Å². The fourth-order valence-electron chi connectivity index (χ4n) is 1.26. The van der Waals surface area contributed by atoms with Crippen LogP contribution in [0.5, 0.6) is 0 Å². The van der Waals surface area contributed by atoms with Crippen LogP contribution < -0.4 is 0 Å². The first kappa shape index (κ1) is 8.92. The van der Waals surface area contributed by atoms with Crippen LogP contribution in [0, 0.1) is 16.7 Å². The summed E-state index contributed by atoms with van der Waals surface area (Å²) in [6.07, 6.45) is 3.29. The maximum Gasteiger partial charge on any atom is 0.383 e. The van der Waals surface area contributed by atoms with Gasteiger partial charge in [0.25, 0.3) is 0 Å². The van der Waals surface area contributed by atoms with Crippen molar-refractivity contribution in [2.45, 2.75) is 26.7 Å². The van der Waals surface area contributed by atoms with Gasteiger partial charge in [-0.05, 0) is 6.92 Å². The number of carbonyl (C=O) groups excluding carboxylic acids is 1. The van der Waals surface area contributed by atoms with Gasteiger partial charge in [0.1, 0.15) is 6.21 Å². The summed E-state index contributed by atoms with van der Waals surface area (Å²) in [5.74, 6) is 0.0648. The zero-order valence-corrected chi connectivity index (χ0v) is 7.50. The maximum atomic E-state index is 10.9. The van der Waals surface area contributed by atoms with E-state index in [0.29, 0.717) is 13.0 Å². The molecule has 1 unspecified atom stereocenters. The third-order valence-electron chi connectivity index (χ3n) is 2.34. The summed E-state index contributed by atoms with van der Waals surface area (Å²) in [4.78, 5) is 10.9. The topological polar surface area (TPSA) is 43.9 Å². The van der Waals surface area contributed by atoms with Crippen LogP contribution in [0.15, 0.2) is 0 Å². The summed E-state index contributed by atoms with van der Waals surface area (Å²) < 4.78 is 1.68. The Kier molecular flexibility index (Phi) is 2.27. The van der Waals surface area contributed by atoms with Crippen molar-refractivity contribution in [1.29, 1.82) is 5.26 Å². The standard InChI is InChI=1S/C9H13N2O/c1-8(12)11-5-3-9(2,7-10)4-6-11/h5H,3-4,6H2,1-2H3/q+1. The predicted octanol–water partition coefficient (Wildman–Crippen LogP) is 0.940. The monoisotopic (exact) mass is 165 g/mol. The minimum atomic E-state index is -0.258. The second kappa shape index (κ2) is 3.06. The Morgan fingerprint density at radius 1 is 1.75 bits per heavy atom. The van der Waals surface area contributed by atoms with Gasteiger partial charge in [-0.15, -0.1) is 0 Å². The van der Waals surface area contributed by atoms with E-state index in [2.05, 4.69) is 6.07 Å². The van der Waals surface area contributed by atoms with E-state index in [1.165, 1.54) is 0 Å². The normalized spacial score (nSPS) is 28.9. The number of nitrogens with zero attached hydrogens (tertiary/aromatic N) is 2. The highest BCUT2D eigenvalue weighted by atomic mass is 16.1. The summed E-state index contributed by atoms with van der Waals surface area (Å²) >= 11 is 0. The molecule has 1 aliphatic heterocycles. The predicted molar refractivity (Wildman–Crippen MR) is 44.8 cm³/mol. The molecule has 1 rings (SSSR count). The van der Waals surface area contributed by atoms with Crippen molar-refractivity contribution in [2.24, 2.45) is 5.41 Å². The lowest BCUT2D eigenvalue weighted by Gasteiger charge is -2.20. The van der Waals surface area contributed by atoms with Crippen molar-refractivity contribution < 1.29 is 9.37 Å². The van der Waals surface area contributed by atoms with Crippen LogP contribution >= 0.6 is 0 Å². The molecule has 0 bridgehead atoms. The SMILES string of the molecule is CC(=O)[N+]1=CCC(C)(C#N)CC1. The zero-order valence-electron chi connectivity index (χ0n) is 7.50. The van der Waals surface area contributed by atoms with E-state index in [9.17, 15) is 4.79 Å². The average molecular weight is 165 g/mol. The first-order valence-electron chi connectivity index (χ1n) is 4.09. The van der Waals surface area contributed by atoms with Gasteiger partial charge < -0.3 is 0 Å². The number of hydrogen-bond donors (Lipinski definition) is 0. The smallest absolute Gasteiger partial charge is 0.220 e. The summed E-state index contributed by atoms with van der Waals surface area (Å²) in [6, 6.07) is 2.27. The van der Waals surface area contributed by atoms with Crippen LogP contribution in [0.3, 0.4) is 0 Å². The molecule has 0 N–H and O–H groups in total. The molecular formula is C9H13N2O+. The van der Waals surface area contributed by atoms with Crippen LogP contribution in [0.1, 0.15) is 26.7 Å². The second-order valence-electron chi connectivity index (χ2n) is 3.52. The summed E-state index contributed by atoms with van der Waals surface area (Å²) in [5, 5.41) is 8.80. The lowest BCUT2D eigenvalue weighted by molar-refractivity contribution is -0.451. The maximum absolute atomic E-state index is 10.9. The fourth-order valence-corrected chi connectivity index (χ4v) is 1.26. The number of rotatable bonds is 0. The Labute approximate surface area is 72.3 Å². The van der Waals surface area contributed by atoms with Crippen LogP contribution in [0.4, 0.5) is 0 Å². The van der Waals surface area contributed by atoms with Gasteiger partial charge in [-0.25, -0.2) is 4.79 Å². The Morgan fingerprint density at radius 2 is 2.42 bits per heavy atom. The molecule has 0 saturated carbocycles. The van der Waals surface area contributed by atoms with Gasteiger partial charge in [0.05, 0.1) is 18.4 Å². The van der Waals surface area contributed by atoms with Crippen LogP contribution in [0.25, 0.3) is 0 Å². The molecule has 0 spiro atoms. The Balaban J connectivity index is 2.73. The second-order valence-corrected chi connectivity index (χ2v) is 3.52. The van der Waals surface area contributed by atoms with E-state index in [1.54, 1.807) is 11.5 Å². The van der Waals surface area contributed by atoms with Gasteiger partial charge in [-0.1, -0.05) is 0 Å². The van der Waals surface area contributed by atoms with Crippen molar-refractivity contribution in [3.05, 3.63) is 0 Å². The van der Waals surface area contributed by atoms with E-state index in [0.717, 1.165) is 6.42 Å². The molecule has 0 saturated heterocycles. The number of nitriles is 1. The molecule has 0 radical (unpaired) electrons. The Hall–Kier alpha value is -1.17. The highest BCUT2D eigenvalue weighted by Gasteiger charge is 2.31. The molecule has 1 aliphatic rings. The first-order chi connectivity index (χ1) is 5.57. The highest BCUT2D eigenvalue weighted by molar-refractivity contribution is 5.70. The minimum Gasteiger partial charge on any atom is -0.220 e. The minimum absolute atomic E-state index is 0.0648. The lowest BCUT2D eigenvalue weighted by atomic mass is 9.83. The van der Waals surface area contributed by atoms with E-state index < -0.39 is 0 Å². The molecule has 12 heavy (non-hydrogen) atoms. The van der Waals surface area contributed by atoms with Gasteiger partial charge in [0, 0.05) is 12.8 Å². The van der Waals surface area contributed by atoms with Crippen molar-refractivity contribution >= 4 is 12.1 Å². The quantitative estimate of drug-likeness (QED) is 0.501. The number of hydrogen-bond acceptors (Lipinski definition) is 2. The molecule has 1 atom stereocenters. The largest absolute Gasteiger partial charge is 0.383 e. The molecule has 1 amide bonds. The highest BCUT2D eigenvalue weighted by Crippen LogP contribution is 2.25. The van der Waals surface area contributed by atoms with Crippen molar-refractivity contribution in [2.75, 3.05) is 6.54 Å². The van der Waals surface area contributed by atoms with Gasteiger partial charge in [0.2, 0.25) is 0 Å². The average Bonchev–Trinajstić information content (AvgIpc) is 2.05. The first-order valence-corrected chi connectivity index (χ1v) is 4.09. The number of amides is 1. The van der Waals surface area contributed by atoms with Gasteiger partial charge in [-0.2, -0.15) is 9.84 Å². The molecule has 1 heterocycles.